The number of hydrogen-bond donors (Lipinski definition) is 0. The Hall–Kier alpha value is -1.06. The Morgan fingerprint density at radius 2 is 2.18 bits per heavy atom. The van der Waals surface area contributed by atoms with Crippen molar-refractivity contribution in [3.8, 4) is 11.5 Å². The van der Waals surface area contributed by atoms with Gasteiger partial charge in [-0.1, -0.05) is 15.9 Å². The van der Waals surface area contributed by atoms with Crippen molar-refractivity contribution in [2.45, 2.75) is 12.8 Å². The van der Waals surface area contributed by atoms with Gasteiger partial charge < -0.3 is 4.74 Å². The highest BCUT2D eigenvalue weighted by molar-refractivity contribution is 9.10. The third-order valence-electron chi connectivity index (χ3n) is 2.36. The van der Waals surface area contributed by atoms with Gasteiger partial charge in [-0.3, -0.25) is 4.98 Å². The molecule has 0 radical (unpaired) electrons. The van der Waals surface area contributed by atoms with Gasteiger partial charge in [0.2, 0.25) is 0 Å². The van der Waals surface area contributed by atoms with E-state index in [1.54, 1.807) is 12.4 Å². The van der Waals surface area contributed by atoms with E-state index in [4.69, 9.17) is 16.3 Å². The Kier molecular flexibility index (Phi) is 4.02. The monoisotopic (exact) mass is 311 g/mol. The molecule has 88 valence electrons. The number of benzene rings is 1. The normalized spacial score (nSPS) is 10.3. The van der Waals surface area contributed by atoms with Crippen molar-refractivity contribution in [2.75, 3.05) is 0 Å². The third-order valence-corrected chi connectivity index (χ3v) is 3.54. The second kappa shape index (κ2) is 5.52. The summed E-state index contributed by atoms with van der Waals surface area (Å²) < 4.78 is 6.86. The van der Waals surface area contributed by atoms with Gasteiger partial charge in [0.1, 0.15) is 11.5 Å². The molecule has 0 bridgehead atoms. The van der Waals surface area contributed by atoms with Gasteiger partial charge in [-0.15, -0.1) is 11.6 Å². The van der Waals surface area contributed by atoms with Crippen molar-refractivity contribution >= 4 is 27.5 Å². The minimum atomic E-state index is 0.388. The van der Waals surface area contributed by atoms with Gasteiger partial charge in [0.25, 0.3) is 0 Å². The van der Waals surface area contributed by atoms with Crippen LogP contribution in [0.15, 0.2) is 41.1 Å². The molecule has 17 heavy (non-hydrogen) atoms. The van der Waals surface area contributed by atoms with Gasteiger partial charge in [0.05, 0.1) is 5.88 Å². The van der Waals surface area contributed by atoms with Gasteiger partial charge in [-0.2, -0.15) is 0 Å². The number of hydrogen-bond acceptors (Lipinski definition) is 2. The lowest BCUT2D eigenvalue weighted by molar-refractivity contribution is 0.477. The van der Waals surface area contributed by atoms with Crippen molar-refractivity contribution < 1.29 is 4.74 Å². The first-order valence-corrected chi connectivity index (χ1v) is 6.46. The lowest BCUT2D eigenvalue weighted by atomic mass is 10.2. The molecular formula is C13H11BrClNO. The summed E-state index contributed by atoms with van der Waals surface area (Å²) >= 11 is 9.28. The van der Waals surface area contributed by atoms with Crippen molar-refractivity contribution in [2.24, 2.45) is 0 Å². The summed E-state index contributed by atoms with van der Waals surface area (Å²) in [6, 6.07) is 7.67. The third kappa shape index (κ3) is 2.99. The zero-order valence-corrected chi connectivity index (χ0v) is 11.6. The standard InChI is InChI=1S/C13H11BrClNO/c1-9-6-11(2-3-12(9)14)17-13-4-5-16-8-10(13)7-15/h2-6,8H,7H2,1H3. The van der Waals surface area contributed by atoms with Crippen molar-refractivity contribution in [1.82, 2.24) is 4.98 Å². The van der Waals surface area contributed by atoms with E-state index in [2.05, 4.69) is 20.9 Å². The second-order valence-electron chi connectivity index (χ2n) is 3.63. The molecule has 4 heteroatoms. The topological polar surface area (TPSA) is 22.1 Å². The van der Waals surface area contributed by atoms with Gasteiger partial charge in [-0.25, -0.2) is 0 Å². The molecule has 0 aliphatic heterocycles. The van der Waals surface area contributed by atoms with Crippen LogP contribution in [0.1, 0.15) is 11.1 Å². The highest BCUT2D eigenvalue weighted by Crippen LogP contribution is 2.28. The minimum Gasteiger partial charge on any atom is -0.457 e. The minimum absolute atomic E-state index is 0.388. The molecule has 2 nitrogen and oxygen atoms in total. The molecule has 0 saturated carbocycles. The number of aromatic nitrogens is 1. The molecule has 0 aliphatic carbocycles. The first kappa shape index (κ1) is 12.4. The molecule has 0 fully saturated rings. The quantitative estimate of drug-likeness (QED) is 0.767. The zero-order valence-electron chi connectivity index (χ0n) is 9.28. The van der Waals surface area contributed by atoms with Crippen LogP contribution in [0.4, 0.5) is 0 Å². The maximum Gasteiger partial charge on any atom is 0.134 e. The Morgan fingerprint density at radius 1 is 1.35 bits per heavy atom. The number of rotatable bonds is 3. The fourth-order valence-electron chi connectivity index (χ4n) is 1.42. The lowest BCUT2D eigenvalue weighted by Crippen LogP contribution is -1.91. The zero-order chi connectivity index (χ0) is 12.3. The fraction of sp³-hybridized carbons (Fsp3) is 0.154. The van der Waals surface area contributed by atoms with E-state index in [-0.39, 0.29) is 0 Å². The molecule has 2 aromatic rings. The average Bonchev–Trinajstić information content (AvgIpc) is 2.34. The van der Waals surface area contributed by atoms with Crippen LogP contribution in [0, 0.1) is 6.92 Å². The van der Waals surface area contributed by atoms with E-state index in [0.717, 1.165) is 27.1 Å². The molecule has 0 atom stereocenters. The van der Waals surface area contributed by atoms with Crippen LogP contribution in [0.25, 0.3) is 0 Å². The summed E-state index contributed by atoms with van der Waals surface area (Å²) in [5.74, 6) is 1.93. The molecule has 0 spiro atoms. The van der Waals surface area contributed by atoms with E-state index in [1.165, 1.54) is 0 Å². The van der Waals surface area contributed by atoms with Gasteiger partial charge in [-0.05, 0) is 36.8 Å². The van der Waals surface area contributed by atoms with Crippen LogP contribution in [-0.4, -0.2) is 4.98 Å². The Bertz CT molecular complexity index is 531. The van der Waals surface area contributed by atoms with Gasteiger partial charge in [0, 0.05) is 22.4 Å². The van der Waals surface area contributed by atoms with Gasteiger partial charge in [0.15, 0.2) is 0 Å². The summed E-state index contributed by atoms with van der Waals surface area (Å²) in [6.07, 6.45) is 3.41. The van der Waals surface area contributed by atoms with Crippen LogP contribution in [0.2, 0.25) is 0 Å². The predicted molar refractivity (Wildman–Crippen MR) is 72.7 cm³/mol. The van der Waals surface area contributed by atoms with Crippen LogP contribution in [0.3, 0.4) is 0 Å². The second-order valence-corrected chi connectivity index (χ2v) is 4.75. The number of nitrogens with zero attached hydrogens (tertiary/aromatic N) is 1. The summed E-state index contributed by atoms with van der Waals surface area (Å²) in [6.45, 7) is 2.02. The first-order valence-electron chi connectivity index (χ1n) is 5.13. The average molecular weight is 313 g/mol. The molecule has 1 heterocycles. The number of aryl methyl sites for hydroxylation is 1. The molecule has 0 unspecified atom stereocenters. The Balaban J connectivity index is 2.28. The molecule has 0 aliphatic rings. The predicted octanol–water partition coefficient (Wildman–Crippen LogP) is 4.68. The fourth-order valence-corrected chi connectivity index (χ4v) is 1.87. The molecule has 0 amide bonds. The SMILES string of the molecule is Cc1cc(Oc2ccncc2CCl)ccc1Br. The summed E-state index contributed by atoms with van der Waals surface area (Å²) in [7, 11) is 0. The summed E-state index contributed by atoms with van der Waals surface area (Å²) in [5, 5.41) is 0. The first-order chi connectivity index (χ1) is 8.20. The number of ether oxygens (including phenoxy) is 1. The Morgan fingerprint density at radius 3 is 2.88 bits per heavy atom. The van der Waals surface area contributed by atoms with E-state index >= 15 is 0 Å². The maximum atomic E-state index is 5.83. The smallest absolute Gasteiger partial charge is 0.134 e. The number of halogens is 2. The van der Waals surface area contributed by atoms with Crippen LogP contribution >= 0.6 is 27.5 Å². The Labute approximate surface area is 114 Å². The van der Waals surface area contributed by atoms with Crippen LogP contribution < -0.4 is 4.74 Å². The molecule has 1 aromatic carbocycles. The van der Waals surface area contributed by atoms with Crippen LogP contribution in [-0.2, 0) is 5.88 Å². The lowest BCUT2D eigenvalue weighted by Gasteiger charge is -2.09. The summed E-state index contributed by atoms with van der Waals surface area (Å²) in [5.41, 5.74) is 2.01. The highest BCUT2D eigenvalue weighted by atomic mass is 79.9. The van der Waals surface area contributed by atoms with Crippen molar-refractivity contribution in [3.05, 3.63) is 52.3 Å². The summed E-state index contributed by atoms with van der Waals surface area (Å²) in [4.78, 5) is 4.02. The van der Waals surface area contributed by atoms with Gasteiger partial charge >= 0.3 is 0 Å². The van der Waals surface area contributed by atoms with E-state index < -0.39 is 0 Å². The molecule has 0 N–H and O–H groups in total. The van der Waals surface area contributed by atoms with E-state index in [9.17, 15) is 0 Å². The van der Waals surface area contributed by atoms with E-state index in [1.807, 2.05) is 31.2 Å². The molecule has 2 rings (SSSR count). The molecular weight excluding hydrogens is 302 g/mol. The largest absolute Gasteiger partial charge is 0.457 e. The van der Waals surface area contributed by atoms with Crippen molar-refractivity contribution in [1.29, 1.82) is 0 Å². The molecule has 0 saturated heterocycles. The number of pyridine rings is 1. The van der Waals surface area contributed by atoms with E-state index in [0.29, 0.717) is 5.88 Å². The highest BCUT2D eigenvalue weighted by Gasteiger charge is 2.04. The maximum absolute atomic E-state index is 5.83. The number of alkyl halides is 1. The van der Waals surface area contributed by atoms with Crippen molar-refractivity contribution in [3.63, 3.8) is 0 Å². The van der Waals surface area contributed by atoms with Crippen LogP contribution in [0.5, 0.6) is 11.5 Å². The molecule has 1 aromatic heterocycles.